The first kappa shape index (κ1) is 9.60. The van der Waals surface area contributed by atoms with Crippen LogP contribution < -0.4 is 0 Å². The van der Waals surface area contributed by atoms with E-state index >= 15 is 0 Å². The average molecular weight is 187 g/mol. The summed E-state index contributed by atoms with van der Waals surface area (Å²) in [4.78, 5) is 0. The predicted molar refractivity (Wildman–Crippen MR) is 41.8 cm³/mol. The second-order valence-electron chi connectivity index (χ2n) is 2.33. The van der Waals surface area contributed by atoms with Crippen molar-refractivity contribution in [3.63, 3.8) is 0 Å². The van der Waals surface area contributed by atoms with E-state index in [9.17, 15) is 8.78 Å². The summed E-state index contributed by atoms with van der Waals surface area (Å²) < 4.78 is 25.0. The fraction of sp³-hybridized carbons (Fsp3) is 0.125. The van der Waals surface area contributed by atoms with Crippen LogP contribution in [0, 0.1) is 11.6 Å². The van der Waals surface area contributed by atoms with Gasteiger partial charge in [0.15, 0.2) is 11.6 Å². The third kappa shape index (κ3) is 2.00. The summed E-state index contributed by atoms with van der Waals surface area (Å²) in [6.45, 7) is -0.540. The number of hydrogen-bond donors (Lipinski definition) is 2. The molecule has 0 aliphatic carbocycles. The van der Waals surface area contributed by atoms with E-state index in [-0.39, 0.29) is 11.3 Å². The molecule has 0 bridgehead atoms. The van der Waals surface area contributed by atoms with Gasteiger partial charge in [-0.15, -0.1) is 0 Å². The molecule has 1 aromatic rings. The number of halogens is 2. The largest absolute Gasteiger partial charge is 0.411 e. The summed E-state index contributed by atoms with van der Waals surface area (Å²) in [6.07, 6.45) is 0. The lowest BCUT2D eigenvalue weighted by Crippen LogP contribution is -2.07. The minimum atomic E-state index is -1.05. The molecule has 0 saturated carbocycles. The van der Waals surface area contributed by atoms with Gasteiger partial charge in [-0.05, 0) is 18.2 Å². The molecule has 0 aliphatic rings. The molecule has 1 aromatic carbocycles. The molecule has 13 heavy (non-hydrogen) atoms. The van der Waals surface area contributed by atoms with E-state index in [1.54, 1.807) is 0 Å². The van der Waals surface area contributed by atoms with Crippen molar-refractivity contribution >= 4 is 5.71 Å². The Kier molecular flexibility index (Phi) is 2.92. The van der Waals surface area contributed by atoms with Crippen molar-refractivity contribution in [1.82, 2.24) is 0 Å². The number of rotatable bonds is 2. The Labute approximate surface area is 72.9 Å². The van der Waals surface area contributed by atoms with Gasteiger partial charge in [0.2, 0.25) is 0 Å². The number of hydrogen-bond acceptors (Lipinski definition) is 3. The van der Waals surface area contributed by atoms with E-state index in [0.29, 0.717) is 0 Å². The molecule has 0 unspecified atom stereocenters. The number of aliphatic hydroxyl groups is 1. The fourth-order valence-electron chi connectivity index (χ4n) is 0.856. The second-order valence-corrected chi connectivity index (χ2v) is 2.33. The fourth-order valence-corrected chi connectivity index (χ4v) is 0.856. The summed E-state index contributed by atoms with van der Waals surface area (Å²) in [7, 11) is 0. The first-order chi connectivity index (χ1) is 6.19. The molecule has 70 valence electrons. The van der Waals surface area contributed by atoms with E-state index in [1.807, 2.05) is 0 Å². The predicted octanol–water partition coefficient (Wildman–Crippen LogP) is 1.14. The van der Waals surface area contributed by atoms with Gasteiger partial charge < -0.3 is 10.3 Å². The van der Waals surface area contributed by atoms with Gasteiger partial charge in [-0.25, -0.2) is 8.78 Å². The first-order valence-electron chi connectivity index (χ1n) is 3.46. The summed E-state index contributed by atoms with van der Waals surface area (Å²) in [5.74, 6) is -2.04. The topological polar surface area (TPSA) is 52.8 Å². The zero-order valence-electron chi connectivity index (χ0n) is 6.54. The molecular formula is C8H7F2NO2. The molecule has 0 saturated heterocycles. The molecule has 0 spiro atoms. The van der Waals surface area contributed by atoms with Crippen LogP contribution in [-0.2, 0) is 0 Å². The van der Waals surface area contributed by atoms with Crippen LogP contribution in [0.1, 0.15) is 5.56 Å². The number of oxime groups is 1. The Morgan fingerprint density at radius 1 is 1.31 bits per heavy atom. The third-order valence-electron chi connectivity index (χ3n) is 1.52. The van der Waals surface area contributed by atoms with Crippen LogP contribution in [-0.4, -0.2) is 22.6 Å². The van der Waals surface area contributed by atoms with Crippen molar-refractivity contribution in [3.05, 3.63) is 35.4 Å². The smallest absolute Gasteiger partial charge is 0.159 e. The van der Waals surface area contributed by atoms with Crippen molar-refractivity contribution in [2.24, 2.45) is 5.16 Å². The van der Waals surface area contributed by atoms with Crippen LogP contribution in [0.5, 0.6) is 0 Å². The van der Waals surface area contributed by atoms with Crippen LogP contribution in [0.3, 0.4) is 0 Å². The van der Waals surface area contributed by atoms with Gasteiger partial charge >= 0.3 is 0 Å². The third-order valence-corrected chi connectivity index (χ3v) is 1.52. The zero-order valence-corrected chi connectivity index (χ0v) is 6.54. The molecule has 0 radical (unpaired) electrons. The van der Waals surface area contributed by atoms with Crippen LogP contribution >= 0.6 is 0 Å². The van der Waals surface area contributed by atoms with Gasteiger partial charge in [-0.1, -0.05) is 5.16 Å². The molecule has 0 fully saturated rings. The first-order valence-corrected chi connectivity index (χ1v) is 3.46. The highest BCUT2D eigenvalue weighted by atomic mass is 19.2. The number of benzene rings is 1. The molecule has 5 heteroatoms. The van der Waals surface area contributed by atoms with Crippen molar-refractivity contribution in [3.8, 4) is 0 Å². The maximum atomic E-state index is 12.6. The van der Waals surface area contributed by atoms with E-state index in [1.165, 1.54) is 6.07 Å². The van der Waals surface area contributed by atoms with Crippen LogP contribution in [0.25, 0.3) is 0 Å². The SMILES string of the molecule is OCC(=NO)c1ccc(F)c(F)c1. The summed E-state index contributed by atoms with van der Waals surface area (Å²) >= 11 is 0. The molecule has 1 rings (SSSR count). The lowest BCUT2D eigenvalue weighted by molar-refractivity contribution is 0.303. The van der Waals surface area contributed by atoms with Crippen LogP contribution in [0.15, 0.2) is 23.4 Å². The Bertz CT molecular complexity index is 339. The zero-order chi connectivity index (χ0) is 9.84. The van der Waals surface area contributed by atoms with Crippen molar-refractivity contribution in [1.29, 1.82) is 0 Å². The number of aliphatic hydroxyl groups excluding tert-OH is 1. The standard InChI is InChI=1S/C8H7F2NO2/c9-6-2-1-5(3-7(6)10)8(4-12)11-13/h1-3,12-13H,4H2. The lowest BCUT2D eigenvalue weighted by atomic mass is 10.1. The Morgan fingerprint density at radius 2 is 2.00 bits per heavy atom. The minimum Gasteiger partial charge on any atom is -0.411 e. The van der Waals surface area contributed by atoms with E-state index < -0.39 is 18.2 Å². The highest BCUT2D eigenvalue weighted by molar-refractivity contribution is 6.00. The molecule has 0 aromatic heterocycles. The Balaban J connectivity index is 3.10. The van der Waals surface area contributed by atoms with Gasteiger partial charge in [0.05, 0.1) is 6.61 Å². The normalized spacial score (nSPS) is 11.8. The molecule has 2 N–H and O–H groups in total. The number of nitrogens with zero attached hydrogens (tertiary/aromatic N) is 1. The highest BCUT2D eigenvalue weighted by Crippen LogP contribution is 2.09. The molecular weight excluding hydrogens is 180 g/mol. The maximum Gasteiger partial charge on any atom is 0.159 e. The van der Waals surface area contributed by atoms with E-state index in [0.717, 1.165) is 12.1 Å². The highest BCUT2D eigenvalue weighted by Gasteiger charge is 2.07. The lowest BCUT2D eigenvalue weighted by Gasteiger charge is -2.00. The van der Waals surface area contributed by atoms with Crippen molar-refractivity contribution < 1.29 is 19.1 Å². The van der Waals surface area contributed by atoms with Crippen LogP contribution in [0.2, 0.25) is 0 Å². The van der Waals surface area contributed by atoms with E-state index in [2.05, 4.69) is 5.16 Å². The maximum absolute atomic E-state index is 12.6. The molecule has 0 amide bonds. The Morgan fingerprint density at radius 3 is 2.46 bits per heavy atom. The monoisotopic (exact) mass is 187 g/mol. The molecule has 3 nitrogen and oxygen atoms in total. The van der Waals surface area contributed by atoms with Crippen molar-refractivity contribution in [2.75, 3.05) is 6.61 Å². The van der Waals surface area contributed by atoms with Crippen LogP contribution in [0.4, 0.5) is 8.78 Å². The van der Waals surface area contributed by atoms with Gasteiger partial charge in [0, 0.05) is 5.56 Å². The summed E-state index contributed by atoms with van der Waals surface area (Å²) in [5, 5.41) is 19.7. The van der Waals surface area contributed by atoms with Gasteiger partial charge in [-0.3, -0.25) is 0 Å². The quantitative estimate of drug-likeness (QED) is 0.414. The van der Waals surface area contributed by atoms with Crippen molar-refractivity contribution in [2.45, 2.75) is 0 Å². The molecule has 0 heterocycles. The summed E-state index contributed by atoms with van der Waals surface area (Å²) in [5.41, 5.74) is 0.0304. The van der Waals surface area contributed by atoms with E-state index in [4.69, 9.17) is 10.3 Å². The molecule has 0 atom stereocenters. The van der Waals surface area contributed by atoms with Gasteiger partial charge in [0.25, 0.3) is 0 Å². The average Bonchev–Trinajstić information content (AvgIpc) is 2.13. The van der Waals surface area contributed by atoms with Gasteiger partial charge in [-0.2, -0.15) is 0 Å². The molecule has 0 aliphatic heterocycles. The minimum absolute atomic E-state index is 0.112. The summed E-state index contributed by atoms with van der Waals surface area (Å²) in [6, 6.07) is 2.95. The van der Waals surface area contributed by atoms with Gasteiger partial charge in [0.1, 0.15) is 5.71 Å². The Hall–Kier alpha value is -1.49. The second kappa shape index (κ2) is 3.95.